The molecule has 0 saturated carbocycles. The van der Waals surface area contributed by atoms with E-state index in [4.69, 9.17) is 16.2 Å². The van der Waals surface area contributed by atoms with Crippen molar-refractivity contribution in [2.24, 2.45) is 5.73 Å². The highest BCUT2D eigenvalue weighted by atomic mass is 32.1. The number of halogens is 2. The van der Waals surface area contributed by atoms with Crippen molar-refractivity contribution in [2.45, 2.75) is 43.9 Å². The van der Waals surface area contributed by atoms with E-state index in [1.807, 2.05) is 4.90 Å². The quantitative estimate of drug-likeness (QED) is 0.507. The number of aromatic nitrogens is 3. The van der Waals surface area contributed by atoms with Gasteiger partial charge in [0.15, 0.2) is 0 Å². The minimum Gasteiger partial charge on any atom is -0.397 e. The van der Waals surface area contributed by atoms with Crippen molar-refractivity contribution in [1.29, 1.82) is 0 Å². The van der Waals surface area contributed by atoms with Gasteiger partial charge in [-0.2, -0.15) is 8.78 Å². The molecule has 5 rings (SSSR count). The molecule has 3 unspecified atom stereocenters. The number of carbonyl (C=O) groups is 1. The summed E-state index contributed by atoms with van der Waals surface area (Å²) in [6.45, 7) is 2.82. The Morgan fingerprint density at radius 3 is 2.85 bits per heavy atom. The number of carbonyl (C=O) groups excluding carboxylic acids is 1. The standard InChI is InChI=1S/C22H25F2N7O2S/c1-10-27-7-11-18(26)19(34-21(11)28-10)20(32)30-16-5-4-14-12(22(16,23)24)3-6-17(29-14)31-8-13(25)15(9-31)33-2/h3,6-7,13,15-16H,4-5,8-9,25-26H2,1-2H3,(H,30,32). The normalized spacial score (nSPS) is 23.8. The predicted octanol–water partition coefficient (Wildman–Crippen LogP) is 1.98. The molecule has 34 heavy (non-hydrogen) atoms. The smallest absolute Gasteiger partial charge is 0.294 e. The second-order valence-electron chi connectivity index (χ2n) is 8.68. The summed E-state index contributed by atoms with van der Waals surface area (Å²) in [6, 6.07) is 1.43. The highest BCUT2D eigenvalue weighted by Gasteiger charge is 2.47. The zero-order chi connectivity index (χ0) is 24.2. The fraction of sp³-hybridized carbons (Fsp3) is 0.455. The Labute approximate surface area is 198 Å². The molecule has 0 aromatic carbocycles. The monoisotopic (exact) mass is 489 g/mol. The molecular formula is C22H25F2N7O2S. The first-order chi connectivity index (χ1) is 16.2. The van der Waals surface area contributed by atoms with Gasteiger partial charge in [0.25, 0.3) is 11.8 Å². The second kappa shape index (κ2) is 8.36. The van der Waals surface area contributed by atoms with Crippen molar-refractivity contribution < 1.29 is 18.3 Å². The number of anilines is 2. The van der Waals surface area contributed by atoms with Gasteiger partial charge in [-0.15, -0.1) is 11.3 Å². The Balaban J connectivity index is 1.36. The van der Waals surface area contributed by atoms with Crippen LogP contribution in [0, 0.1) is 6.92 Å². The van der Waals surface area contributed by atoms with E-state index in [1.54, 1.807) is 20.1 Å². The summed E-state index contributed by atoms with van der Waals surface area (Å²) in [5, 5.41) is 3.03. The third-order valence-electron chi connectivity index (χ3n) is 6.48. The molecule has 3 atom stereocenters. The lowest BCUT2D eigenvalue weighted by Gasteiger charge is -2.33. The summed E-state index contributed by atoms with van der Waals surface area (Å²) >= 11 is 1.07. The van der Waals surface area contributed by atoms with Gasteiger partial charge in [0.1, 0.15) is 21.3 Å². The largest absolute Gasteiger partial charge is 0.397 e. The first-order valence-corrected chi connectivity index (χ1v) is 11.7. The van der Waals surface area contributed by atoms with E-state index in [0.717, 1.165) is 11.3 Å². The molecule has 1 aliphatic heterocycles. The van der Waals surface area contributed by atoms with Gasteiger partial charge in [-0.1, -0.05) is 0 Å². The van der Waals surface area contributed by atoms with Crippen LogP contribution < -0.4 is 21.7 Å². The Morgan fingerprint density at radius 1 is 1.32 bits per heavy atom. The maximum Gasteiger partial charge on any atom is 0.294 e. The fourth-order valence-electron chi connectivity index (χ4n) is 4.59. The number of amides is 1. The third-order valence-corrected chi connectivity index (χ3v) is 7.60. The molecule has 5 N–H and O–H groups in total. The topological polar surface area (TPSA) is 132 Å². The fourth-order valence-corrected chi connectivity index (χ4v) is 5.60. The Bertz CT molecular complexity index is 1270. The van der Waals surface area contributed by atoms with Crippen LogP contribution in [0.4, 0.5) is 20.3 Å². The van der Waals surface area contributed by atoms with E-state index >= 15 is 8.78 Å². The number of aryl methyl sites for hydroxylation is 2. The summed E-state index contributed by atoms with van der Waals surface area (Å²) in [4.78, 5) is 28.4. The molecule has 1 saturated heterocycles. The SMILES string of the molecule is COC1CN(c2ccc3c(n2)CCC(NC(=O)c2sc4nc(C)ncc4c2N)C3(F)F)CC1N. The zero-order valence-electron chi connectivity index (χ0n) is 18.7. The van der Waals surface area contributed by atoms with E-state index in [2.05, 4.69) is 20.3 Å². The molecule has 9 nitrogen and oxygen atoms in total. The lowest BCUT2D eigenvalue weighted by atomic mass is 9.88. The van der Waals surface area contributed by atoms with E-state index in [9.17, 15) is 4.79 Å². The molecule has 3 aromatic heterocycles. The number of nitrogens with two attached hydrogens (primary N) is 2. The number of nitrogen functional groups attached to an aromatic ring is 1. The van der Waals surface area contributed by atoms with Crippen molar-refractivity contribution in [3.8, 4) is 0 Å². The minimum atomic E-state index is -3.28. The molecule has 0 spiro atoms. The maximum atomic E-state index is 15.4. The number of hydrogen-bond donors (Lipinski definition) is 3. The van der Waals surface area contributed by atoms with Gasteiger partial charge in [0.2, 0.25) is 0 Å². The van der Waals surface area contributed by atoms with Gasteiger partial charge in [0.05, 0.1) is 35.0 Å². The van der Waals surface area contributed by atoms with Crippen LogP contribution in [-0.4, -0.2) is 59.2 Å². The molecule has 180 valence electrons. The minimum absolute atomic E-state index is 0.0477. The van der Waals surface area contributed by atoms with E-state index < -0.39 is 17.9 Å². The van der Waals surface area contributed by atoms with E-state index in [1.165, 1.54) is 12.3 Å². The Hall–Kier alpha value is -2.96. The molecular weight excluding hydrogens is 464 g/mol. The van der Waals surface area contributed by atoms with Gasteiger partial charge in [-0.3, -0.25) is 4.79 Å². The summed E-state index contributed by atoms with van der Waals surface area (Å²) in [5.74, 6) is -2.79. The van der Waals surface area contributed by atoms with Crippen molar-refractivity contribution in [1.82, 2.24) is 20.3 Å². The molecule has 3 aromatic rings. The van der Waals surface area contributed by atoms with Gasteiger partial charge in [0, 0.05) is 32.0 Å². The van der Waals surface area contributed by atoms with Crippen LogP contribution >= 0.6 is 11.3 Å². The number of methoxy groups -OCH3 is 1. The number of alkyl halides is 2. The van der Waals surface area contributed by atoms with Crippen LogP contribution in [0.3, 0.4) is 0 Å². The van der Waals surface area contributed by atoms with Gasteiger partial charge >= 0.3 is 0 Å². The van der Waals surface area contributed by atoms with E-state index in [-0.39, 0.29) is 34.7 Å². The Morgan fingerprint density at radius 2 is 2.12 bits per heavy atom. The molecule has 0 bridgehead atoms. The lowest BCUT2D eigenvalue weighted by Crippen LogP contribution is -2.49. The average molecular weight is 490 g/mol. The molecule has 2 aliphatic rings. The first-order valence-electron chi connectivity index (χ1n) is 10.9. The predicted molar refractivity (Wildman–Crippen MR) is 125 cm³/mol. The third kappa shape index (κ3) is 3.75. The van der Waals surface area contributed by atoms with Crippen LogP contribution in [0.15, 0.2) is 18.3 Å². The summed E-state index contributed by atoms with van der Waals surface area (Å²) in [7, 11) is 1.60. The Kier molecular flexibility index (Phi) is 5.61. The molecule has 12 heteroatoms. The number of fused-ring (bicyclic) bond motifs is 2. The van der Waals surface area contributed by atoms with Crippen LogP contribution in [0.5, 0.6) is 0 Å². The van der Waals surface area contributed by atoms with Crippen LogP contribution in [0.1, 0.15) is 33.2 Å². The average Bonchev–Trinajstić information content (AvgIpc) is 3.34. The number of nitrogens with one attached hydrogen (secondary N) is 1. The molecule has 4 heterocycles. The van der Waals surface area contributed by atoms with Crippen LogP contribution in [0.25, 0.3) is 10.2 Å². The summed E-state index contributed by atoms with van der Waals surface area (Å²) in [6.07, 6.45) is 1.77. The maximum absolute atomic E-state index is 15.4. The van der Waals surface area contributed by atoms with Crippen molar-refractivity contribution in [2.75, 3.05) is 30.8 Å². The van der Waals surface area contributed by atoms with Crippen LogP contribution in [-0.2, 0) is 17.1 Å². The number of pyridine rings is 1. The van der Waals surface area contributed by atoms with Crippen molar-refractivity contribution in [3.05, 3.63) is 40.3 Å². The highest BCUT2D eigenvalue weighted by Crippen LogP contribution is 2.41. The summed E-state index contributed by atoms with van der Waals surface area (Å²) < 4.78 is 36.2. The van der Waals surface area contributed by atoms with Crippen molar-refractivity contribution >= 4 is 39.0 Å². The molecule has 1 aliphatic carbocycles. The van der Waals surface area contributed by atoms with Crippen LogP contribution in [0.2, 0.25) is 0 Å². The zero-order valence-corrected chi connectivity index (χ0v) is 19.5. The van der Waals surface area contributed by atoms with E-state index in [0.29, 0.717) is 47.1 Å². The van der Waals surface area contributed by atoms with Gasteiger partial charge in [-0.25, -0.2) is 15.0 Å². The molecule has 1 fully saturated rings. The number of nitrogens with zero attached hydrogens (tertiary/aromatic N) is 4. The lowest BCUT2D eigenvalue weighted by molar-refractivity contribution is -0.0509. The van der Waals surface area contributed by atoms with Gasteiger partial charge < -0.3 is 26.4 Å². The summed E-state index contributed by atoms with van der Waals surface area (Å²) in [5.41, 5.74) is 12.5. The molecule has 0 radical (unpaired) electrons. The van der Waals surface area contributed by atoms with Gasteiger partial charge in [-0.05, 0) is 31.9 Å². The highest BCUT2D eigenvalue weighted by molar-refractivity contribution is 7.21. The number of hydrogen-bond acceptors (Lipinski definition) is 9. The first kappa shape index (κ1) is 22.8. The number of thiophene rings is 1. The van der Waals surface area contributed by atoms with Crippen molar-refractivity contribution in [3.63, 3.8) is 0 Å². The number of ether oxygens (including phenoxy) is 1. The molecule has 1 amide bonds. The second-order valence-corrected chi connectivity index (χ2v) is 9.67. The number of rotatable bonds is 4.